The van der Waals surface area contributed by atoms with Gasteiger partial charge in [0.1, 0.15) is 11.6 Å². The van der Waals surface area contributed by atoms with E-state index in [9.17, 15) is 15.2 Å². The van der Waals surface area contributed by atoms with Crippen LogP contribution in [0.2, 0.25) is 0 Å². The second-order valence-corrected chi connectivity index (χ2v) is 6.11. The van der Waals surface area contributed by atoms with E-state index in [4.69, 9.17) is 0 Å². The number of hydrogen-bond acceptors (Lipinski definition) is 4. The number of nitriles is 1. The zero-order valence-electron chi connectivity index (χ0n) is 14.9. The van der Waals surface area contributed by atoms with Crippen molar-refractivity contribution in [2.24, 2.45) is 4.99 Å². The molecule has 5 heteroatoms. The summed E-state index contributed by atoms with van der Waals surface area (Å²) in [6.07, 6.45) is 4.25. The highest BCUT2D eigenvalue weighted by molar-refractivity contribution is 5.87. The van der Waals surface area contributed by atoms with Gasteiger partial charge in [-0.15, -0.1) is 0 Å². The van der Waals surface area contributed by atoms with Gasteiger partial charge in [-0.2, -0.15) is 5.26 Å². The second-order valence-electron chi connectivity index (χ2n) is 6.11. The van der Waals surface area contributed by atoms with Gasteiger partial charge in [0.05, 0.1) is 11.3 Å². The fourth-order valence-corrected chi connectivity index (χ4v) is 2.62. The summed E-state index contributed by atoms with van der Waals surface area (Å²) >= 11 is 0. The standard InChI is InChI=1S/C20H23N3O2/c1-4-5-6-11-23-19(24)17(12-21)15(3)18(20(23)25)13-22-16-9-7-14(2)8-10-16/h7-10,13,25H,4-6,11H2,1-3H3. The van der Waals surface area contributed by atoms with Crippen LogP contribution >= 0.6 is 0 Å². The molecule has 0 atom stereocenters. The Bertz CT molecular complexity index is 872. The highest BCUT2D eigenvalue weighted by Gasteiger charge is 2.17. The maximum Gasteiger partial charge on any atom is 0.271 e. The fourth-order valence-electron chi connectivity index (χ4n) is 2.62. The Balaban J connectivity index is 2.49. The number of aryl methyl sites for hydroxylation is 1. The van der Waals surface area contributed by atoms with Crippen molar-refractivity contribution in [2.45, 2.75) is 46.6 Å². The summed E-state index contributed by atoms with van der Waals surface area (Å²) < 4.78 is 1.28. The van der Waals surface area contributed by atoms with Crippen LogP contribution in [0.25, 0.3) is 0 Å². The van der Waals surface area contributed by atoms with Crippen LogP contribution in [-0.4, -0.2) is 15.9 Å². The first-order valence-electron chi connectivity index (χ1n) is 8.46. The number of aliphatic imine (C=N–C) groups is 1. The zero-order valence-corrected chi connectivity index (χ0v) is 14.9. The number of hydrogen-bond donors (Lipinski definition) is 1. The molecule has 1 N–H and O–H groups in total. The Morgan fingerprint density at radius 1 is 1.24 bits per heavy atom. The van der Waals surface area contributed by atoms with E-state index in [1.807, 2.05) is 37.3 Å². The first-order valence-corrected chi connectivity index (χ1v) is 8.46. The maximum atomic E-state index is 12.4. The van der Waals surface area contributed by atoms with Gasteiger partial charge < -0.3 is 5.11 Å². The molecule has 0 bridgehead atoms. The quantitative estimate of drug-likeness (QED) is 0.639. The summed E-state index contributed by atoms with van der Waals surface area (Å²) in [5.41, 5.74) is 2.35. The van der Waals surface area contributed by atoms with Gasteiger partial charge in [0.2, 0.25) is 5.88 Å². The number of pyridine rings is 1. The minimum atomic E-state index is -0.443. The Morgan fingerprint density at radius 3 is 2.52 bits per heavy atom. The molecule has 0 radical (unpaired) electrons. The number of benzene rings is 1. The van der Waals surface area contributed by atoms with Gasteiger partial charge in [-0.05, 0) is 38.0 Å². The lowest BCUT2D eigenvalue weighted by Crippen LogP contribution is -2.25. The fraction of sp³-hybridized carbons (Fsp3) is 0.350. The van der Waals surface area contributed by atoms with Crippen molar-refractivity contribution in [3.8, 4) is 11.9 Å². The van der Waals surface area contributed by atoms with Crippen LogP contribution in [0.3, 0.4) is 0 Å². The van der Waals surface area contributed by atoms with E-state index in [1.54, 1.807) is 6.92 Å². The lowest BCUT2D eigenvalue weighted by atomic mass is 10.1. The molecule has 0 fully saturated rings. The molecule has 2 aromatic rings. The van der Waals surface area contributed by atoms with E-state index in [0.717, 1.165) is 30.5 Å². The van der Waals surface area contributed by atoms with E-state index >= 15 is 0 Å². The van der Waals surface area contributed by atoms with E-state index < -0.39 is 5.56 Å². The molecule has 0 aliphatic rings. The highest BCUT2D eigenvalue weighted by Crippen LogP contribution is 2.22. The first kappa shape index (κ1) is 18.5. The third-order valence-corrected chi connectivity index (χ3v) is 4.21. The van der Waals surface area contributed by atoms with Gasteiger partial charge in [0, 0.05) is 12.8 Å². The van der Waals surface area contributed by atoms with Crippen molar-refractivity contribution in [1.82, 2.24) is 4.57 Å². The van der Waals surface area contributed by atoms with Crippen molar-refractivity contribution in [1.29, 1.82) is 5.26 Å². The Hall–Kier alpha value is -2.87. The molecule has 0 saturated heterocycles. The molecule has 0 aliphatic heterocycles. The number of nitrogens with zero attached hydrogens (tertiary/aromatic N) is 3. The minimum Gasteiger partial charge on any atom is -0.494 e. The maximum absolute atomic E-state index is 12.4. The molecule has 0 unspecified atom stereocenters. The highest BCUT2D eigenvalue weighted by atomic mass is 16.3. The van der Waals surface area contributed by atoms with E-state index in [1.165, 1.54) is 10.8 Å². The summed E-state index contributed by atoms with van der Waals surface area (Å²) in [6.45, 7) is 6.11. The molecule has 1 aromatic heterocycles. The van der Waals surface area contributed by atoms with Gasteiger partial charge in [-0.25, -0.2) is 0 Å². The van der Waals surface area contributed by atoms with Gasteiger partial charge in [-0.3, -0.25) is 14.4 Å². The number of rotatable bonds is 6. The predicted molar refractivity (Wildman–Crippen MR) is 99.8 cm³/mol. The SMILES string of the molecule is CCCCCn1c(O)c(C=Nc2ccc(C)cc2)c(C)c(C#N)c1=O. The summed E-state index contributed by atoms with van der Waals surface area (Å²) in [7, 11) is 0. The van der Waals surface area contributed by atoms with Gasteiger partial charge in [-0.1, -0.05) is 37.5 Å². The minimum absolute atomic E-state index is 0.0552. The van der Waals surface area contributed by atoms with Gasteiger partial charge in [0.15, 0.2) is 0 Å². The molecule has 5 nitrogen and oxygen atoms in total. The molecule has 1 heterocycles. The molecule has 25 heavy (non-hydrogen) atoms. The molecular formula is C20H23N3O2. The zero-order chi connectivity index (χ0) is 18.4. The summed E-state index contributed by atoms with van der Waals surface area (Å²) in [5, 5.41) is 19.9. The molecule has 0 saturated carbocycles. The van der Waals surface area contributed by atoms with E-state index in [0.29, 0.717) is 17.7 Å². The molecule has 0 spiro atoms. The Kier molecular flexibility index (Phi) is 6.13. The van der Waals surface area contributed by atoms with Crippen molar-refractivity contribution in [2.75, 3.05) is 0 Å². The Labute approximate surface area is 147 Å². The molecule has 130 valence electrons. The average molecular weight is 337 g/mol. The van der Waals surface area contributed by atoms with Crippen molar-refractivity contribution in [3.05, 3.63) is 56.9 Å². The monoisotopic (exact) mass is 337 g/mol. The topological polar surface area (TPSA) is 78.4 Å². The van der Waals surface area contributed by atoms with E-state index in [2.05, 4.69) is 11.9 Å². The van der Waals surface area contributed by atoms with Gasteiger partial charge in [0.25, 0.3) is 5.56 Å². The molecule has 2 rings (SSSR count). The molecule has 1 aromatic carbocycles. The van der Waals surface area contributed by atoms with Crippen molar-refractivity contribution >= 4 is 11.9 Å². The van der Waals surface area contributed by atoms with E-state index in [-0.39, 0.29) is 11.4 Å². The van der Waals surface area contributed by atoms with Crippen LogP contribution in [0.1, 0.15) is 48.4 Å². The van der Waals surface area contributed by atoms with Gasteiger partial charge >= 0.3 is 0 Å². The average Bonchev–Trinajstić information content (AvgIpc) is 2.60. The van der Waals surface area contributed by atoms with Crippen LogP contribution in [0.5, 0.6) is 5.88 Å². The summed E-state index contributed by atoms with van der Waals surface area (Å²) in [5.74, 6) is -0.131. The largest absolute Gasteiger partial charge is 0.494 e. The number of aromatic hydroxyl groups is 1. The van der Waals surface area contributed by atoms with Crippen molar-refractivity contribution in [3.63, 3.8) is 0 Å². The van der Waals surface area contributed by atoms with Crippen molar-refractivity contribution < 1.29 is 5.11 Å². The number of unbranched alkanes of at least 4 members (excludes halogenated alkanes) is 2. The lowest BCUT2D eigenvalue weighted by Gasteiger charge is -2.13. The normalized spacial score (nSPS) is 11.0. The lowest BCUT2D eigenvalue weighted by molar-refractivity contribution is 0.398. The third-order valence-electron chi connectivity index (χ3n) is 4.21. The van der Waals surface area contributed by atoms with Crippen LogP contribution in [-0.2, 0) is 6.54 Å². The summed E-state index contributed by atoms with van der Waals surface area (Å²) in [4.78, 5) is 16.8. The molecule has 0 amide bonds. The van der Waals surface area contributed by atoms with Crippen LogP contribution in [0, 0.1) is 25.2 Å². The molecule has 0 aliphatic carbocycles. The smallest absolute Gasteiger partial charge is 0.271 e. The van der Waals surface area contributed by atoms with Crippen LogP contribution in [0.4, 0.5) is 5.69 Å². The third kappa shape index (κ3) is 4.16. The predicted octanol–water partition coefficient (Wildman–Crippen LogP) is 3.98. The van der Waals surface area contributed by atoms with Crippen LogP contribution < -0.4 is 5.56 Å². The van der Waals surface area contributed by atoms with Crippen LogP contribution in [0.15, 0.2) is 34.1 Å². The number of aromatic nitrogens is 1. The first-order chi connectivity index (χ1) is 12.0. The second kappa shape index (κ2) is 8.29. The summed E-state index contributed by atoms with van der Waals surface area (Å²) in [6, 6.07) is 9.61. The Morgan fingerprint density at radius 2 is 1.92 bits per heavy atom. The molecular weight excluding hydrogens is 314 g/mol.